The van der Waals surface area contributed by atoms with Crippen LogP contribution in [0.3, 0.4) is 0 Å². The number of hydrogen-bond acceptors (Lipinski definition) is 6. The Morgan fingerprint density at radius 1 is 0.833 bits per heavy atom. The Hall–Kier alpha value is -2.19. The first-order valence-corrected chi connectivity index (χ1v) is 12.2. The van der Waals surface area contributed by atoms with Gasteiger partial charge >= 0.3 is 6.16 Å². The summed E-state index contributed by atoms with van der Waals surface area (Å²) >= 11 is 0. The van der Waals surface area contributed by atoms with Crippen molar-refractivity contribution in [2.45, 2.75) is 56.5 Å². The van der Waals surface area contributed by atoms with Gasteiger partial charge in [-0.2, -0.15) is 0 Å². The molecule has 30 heavy (non-hydrogen) atoms. The number of carbonyl (C=O) groups excluding carboxylic acids is 1. The highest BCUT2D eigenvalue weighted by Gasteiger charge is 2.63. The fraction of sp³-hybridized carbons (Fsp3) is 0.435. The third kappa shape index (κ3) is 3.17. The van der Waals surface area contributed by atoms with Crippen molar-refractivity contribution in [2.75, 3.05) is 6.61 Å². The lowest BCUT2D eigenvalue weighted by molar-refractivity contribution is -0.105. The molecule has 0 aliphatic carbocycles. The van der Waals surface area contributed by atoms with Crippen molar-refractivity contribution in [1.82, 2.24) is 0 Å². The Bertz CT molecular complexity index is 873. The molecule has 0 bridgehead atoms. The van der Waals surface area contributed by atoms with Gasteiger partial charge in [0.1, 0.15) is 6.10 Å². The summed E-state index contributed by atoms with van der Waals surface area (Å²) in [4.78, 5) is 11.7. The fourth-order valence-electron chi connectivity index (χ4n) is 4.73. The number of benzene rings is 2. The minimum Gasteiger partial charge on any atom is -0.424 e. The number of hydrogen-bond donors (Lipinski definition) is 0. The average molecular weight is 427 g/mol. The van der Waals surface area contributed by atoms with Gasteiger partial charge in [-0.25, -0.2) is 4.79 Å². The summed E-state index contributed by atoms with van der Waals surface area (Å²) in [5.74, 6) is 0. The Kier molecular flexibility index (Phi) is 4.74. The molecule has 0 radical (unpaired) electrons. The quantitative estimate of drug-likeness (QED) is 0.416. The molecule has 2 aromatic carbocycles. The van der Waals surface area contributed by atoms with Gasteiger partial charge in [0.05, 0.1) is 6.61 Å². The first kappa shape index (κ1) is 19.8. The van der Waals surface area contributed by atoms with E-state index in [4.69, 9.17) is 23.4 Å². The third-order valence-electron chi connectivity index (χ3n) is 6.15. The largest absolute Gasteiger partial charge is 0.509 e. The molecule has 158 valence electrons. The molecule has 5 rings (SSSR count). The van der Waals surface area contributed by atoms with E-state index in [1.165, 1.54) is 10.4 Å². The van der Waals surface area contributed by atoms with Crippen LogP contribution >= 0.6 is 0 Å². The molecule has 0 N–H and O–H groups in total. The number of epoxide rings is 1. The van der Waals surface area contributed by atoms with E-state index in [2.05, 4.69) is 69.3 Å². The van der Waals surface area contributed by atoms with E-state index >= 15 is 0 Å². The highest BCUT2D eigenvalue weighted by atomic mass is 28.4. The molecule has 0 saturated carbocycles. The van der Waals surface area contributed by atoms with Crippen LogP contribution in [-0.2, 0) is 23.4 Å². The maximum Gasteiger partial charge on any atom is 0.509 e. The second-order valence-electron chi connectivity index (χ2n) is 9.03. The topological polar surface area (TPSA) is 66.5 Å². The van der Waals surface area contributed by atoms with Gasteiger partial charge in [0.15, 0.2) is 24.6 Å². The molecule has 0 aromatic heterocycles. The Morgan fingerprint density at radius 2 is 1.40 bits per heavy atom. The maximum absolute atomic E-state index is 11.7. The molecule has 6 nitrogen and oxygen atoms in total. The summed E-state index contributed by atoms with van der Waals surface area (Å²) in [5, 5.41) is 2.23. The van der Waals surface area contributed by atoms with Gasteiger partial charge in [0.25, 0.3) is 8.32 Å². The van der Waals surface area contributed by atoms with Crippen LogP contribution in [0.25, 0.3) is 0 Å². The predicted octanol–water partition coefficient (Wildman–Crippen LogP) is 2.59. The predicted molar refractivity (Wildman–Crippen MR) is 112 cm³/mol. The lowest BCUT2D eigenvalue weighted by Crippen LogP contribution is -2.67. The number of fused-ring (bicyclic) bond motifs is 3. The van der Waals surface area contributed by atoms with E-state index < -0.39 is 32.8 Å². The lowest BCUT2D eigenvalue weighted by atomic mass is 10.0. The fourth-order valence-corrected chi connectivity index (χ4v) is 9.30. The molecular weight excluding hydrogens is 400 g/mol. The summed E-state index contributed by atoms with van der Waals surface area (Å²) in [6.07, 6.45) is -2.63. The first-order valence-electron chi connectivity index (χ1n) is 10.3. The van der Waals surface area contributed by atoms with Crippen LogP contribution < -0.4 is 10.4 Å². The highest BCUT2D eigenvalue weighted by Crippen LogP contribution is 2.43. The third-order valence-corrected chi connectivity index (χ3v) is 11.2. The molecule has 2 aromatic rings. The average Bonchev–Trinajstić information content (AvgIpc) is 3.40. The van der Waals surface area contributed by atoms with Crippen molar-refractivity contribution in [2.24, 2.45) is 0 Å². The zero-order chi connectivity index (χ0) is 20.9. The first-order chi connectivity index (χ1) is 14.4. The number of rotatable bonds is 5. The second kappa shape index (κ2) is 7.20. The van der Waals surface area contributed by atoms with E-state index in [1.54, 1.807) is 0 Å². The second-order valence-corrected chi connectivity index (χ2v) is 13.3. The van der Waals surface area contributed by atoms with Crippen LogP contribution in [0.4, 0.5) is 4.79 Å². The van der Waals surface area contributed by atoms with Gasteiger partial charge in [-0.3, -0.25) is 0 Å². The minimum atomic E-state index is -2.70. The molecule has 3 heterocycles. The molecule has 0 amide bonds. The molecular formula is C23H26O6Si. The van der Waals surface area contributed by atoms with Crippen LogP contribution in [0.15, 0.2) is 60.7 Å². The van der Waals surface area contributed by atoms with E-state index in [1.807, 2.05) is 12.1 Å². The van der Waals surface area contributed by atoms with Gasteiger partial charge < -0.3 is 23.4 Å². The van der Waals surface area contributed by atoms with E-state index in [-0.39, 0.29) is 24.0 Å². The summed E-state index contributed by atoms with van der Waals surface area (Å²) in [7, 11) is -2.70. The zero-order valence-corrected chi connectivity index (χ0v) is 18.3. The van der Waals surface area contributed by atoms with Gasteiger partial charge in [0, 0.05) is 0 Å². The summed E-state index contributed by atoms with van der Waals surface area (Å²) < 4.78 is 29.2. The van der Waals surface area contributed by atoms with Crippen molar-refractivity contribution < 1.29 is 28.2 Å². The Balaban J connectivity index is 1.50. The van der Waals surface area contributed by atoms with Gasteiger partial charge in [-0.15, -0.1) is 0 Å². The van der Waals surface area contributed by atoms with Crippen LogP contribution in [0.1, 0.15) is 20.8 Å². The summed E-state index contributed by atoms with van der Waals surface area (Å²) in [6.45, 7) is 6.96. The Morgan fingerprint density at radius 3 is 1.97 bits per heavy atom. The van der Waals surface area contributed by atoms with Crippen LogP contribution in [0, 0.1) is 0 Å². The van der Waals surface area contributed by atoms with E-state index in [0.717, 1.165) is 0 Å². The molecule has 3 aliphatic heterocycles. The normalized spacial score (nSPS) is 30.1. The SMILES string of the molecule is CC(C)(C)[Si](OC[C@H]1O[C@H]2O[C@@H]2[C@H]2OC(=O)O[C@H]21)(c1ccccc1)c1ccccc1. The van der Waals surface area contributed by atoms with E-state index in [0.29, 0.717) is 0 Å². The minimum absolute atomic E-state index is 0.148. The van der Waals surface area contributed by atoms with Crippen LogP contribution in [-0.4, -0.2) is 51.8 Å². The van der Waals surface area contributed by atoms with Crippen molar-refractivity contribution >= 4 is 24.8 Å². The Labute approximate surface area is 177 Å². The standard InChI is InChI=1S/C23H26O6Si/c1-23(2,3)30(15-10-6-4-7-11-15,16-12-8-5-9-13-16)25-14-17-18-19(29-22(24)28-18)20-21(26-17)27-20/h4-13,17-21H,14H2,1-3H3/t17-,18+,19+,20-,21+/m1/s1. The molecule has 0 unspecified atom stereocenters. The lowest BCUT2D eigenvalue weighted by Gasteiger charge is -2.44. The van der Waals surface area contributed by atoms with Gasteiger partial charge in [-0.05, 0) is 15.4 Å². The maximum atomic E-state index is 11.7. The van der Waals surface area contributed by atoms with Crippen molar-refractivity contribution in [3.8, 4) is 0 Å². The zero-order valence-electron chi connectivity index (χ0n) is 17.3. The summed E-state index contributed by atoms with van der Waals surface area (Å²) in [5.41, 5.74) is 0. The van der Waals surface area contributed by atoms with Gasteiger partial charge in [0.2, 0.25) is 0 Å². The molecule has 5 atom stereocenters. The van der Waals surface area contributed by atoms with Crippen molar-refractivity contribution in [3.05, 3.63) is 60.7 Å². The van der Waals surface area contributed by atoms with Crippen molar-refractivity contribution in [1.29, 1.82) is 0 Å². The van der Waals surface area contributed by atoms with Crippen LogP contribution in [0.5, 0.6) is 0 Å². The monoisotopic (exact) mass is 426 g/mol. The summed E-state index contributed by atoms with van der Waals surface area (Å²) in [6, 6.07) is 20.8. The smallest absolute Gasteiger partial charge is 0.424 e. The van der Waals surface area contributed by atoms with Gasteiger partial charge in [-0.1, -0.05) is 81.4 Å². The molecule has 0 spiro atoms. The number of carbonyl (C=O) groups is 1. The molecule has 3 aliphatic rings. The molecule has 3 fully saturated rings. The highest BCUT2D eigenvalue weighted by molar-refractivity contribution is 6.99. The molecule has 3 saturated heterocycles. The van der Waals surface area contributed by atoms with E-state index in [9.17, 15) is 4.79 Å². The van der Waals surface area contributed by atoms with Crippen LogP contribution in [0.2, 0.25) is 5.04 Å². The molecule has 7 heteroatoms. The number of ether oxygens (including phenoxy) is 4. The van der Waals surface area contributed by atoms with Crippen molar-refractivity contribution in [3.63, 3.8) is 0 Å².